The number of nitrogens with one attached hydrogen (secondary N) is 1. The Kier molecular flexibility index (Phi) is 5.47. The lowest BCUT2D eigenvalue weighted by atomic mass is 9.97. The van der Waals surface area contributed by atoms with Crippen molar-refractivity contribution in [2.45, 2.75) is 12.5 Å². The first-order valence-electron chi connectivity index (χ1n) is 8.30. The summed E-state index contributed by atoms with van der Waals surface area (Å²) in [6, 6.07) is 27.0. The van der Waals surface area contributed by atoms with Gasteiger partial charge in [0.05, 0.1) is 13.2 Å². The molecular weight excluding hydrogens is 310 g/mol. The zero-order chi connectivity index (χ0) is 17.5. The van der Waals surface area contributed by atoms with E-state index in [1.165, 1.54) is 0 Å². The van der Waals surface area contributed by atoms with Crippen LogP contribution in [0.1, 0.15) is 28.4 Å². The van der Waals surface area contributed by atoms with E-state index in [-0.39, 0.29) is 11.8 Å². The van der Waals surface area contributed by atoms with Crippen molar-refractivity contribution >= 4 is 11.5 Å². The largest absolute Gasteiger partial charge is 0.497 e. The predicted octanol–water partition coefficient (Wildman–Crippen LogP) is 5.12. The van der Waals surface area contributed by atoms with Crippen LogP contribution in [0.5, 0.6) is 5.75 Å². The van der Waals surface area contributed by atoms with Gasteiger partial charge in [-0.15, -0.1) is 0 Å². The maximum absolute atomic E-state index is 12.7. The second-order valence-corrected chi connectivity index (χ2v) is 5.83. The van der Waals surface area contributed by atoms with Gasteiger partial charge in [0, 0.05) is 17.7 Å². The van der Waals surface area contributed by atoms with Gasteiger partial charge in [-0.25, -0.2) is 0 Å². The van der Waals surface area contributed by atoms with Crippen LogP contribution in [0.2, 0.25) is 0 Å². The van der Waals surface area contributed by atoms with Gasteiger partial charge in [-0.2, -0.15) is 0 Å². The van der Waals surface area contributed by atoms with Crippen LogP contribution in [-0.2, 0) is 0 Å². The van der Waals surface area contributed by atoms with Crippen molar-refractivity contribution in [3.63, 3.8) is 0 Å². The van der Waals surface area contributed by atoms with E-state index in [1.54, 1.807) is 7.11 Å². The van der Waals surface area contributed by atoms with E-state index < -0.39 is 0 Å². The molecule has 0 amide bonds. The van der Waals surface area contributed by atoms with E-state index in [0.717, 1.165) is 22.6 Å². The van der Waals surface area contributed by atoms with Gasteiger partial charge in [0.1, 0.15) is 5.75 Å². The van der Waals surface area contributed by atoms with Gasteiger partial charge in [0.15, 0.2) is 5.78 Å². The number of anilines is 1. The van der Waals surface area contributed by atoms with Crippen molar-refractivity contribution in [2.24, 2.45) is 0 Å². The molecule has 0 bridgehead atoms. The number of para-hydroxylation sites is 1. The van der Waals surface area contributed by atoms with E-state index >= 15 is 0 Å². The monoisotopic (exact) mass is 331 g/mol. The molecule has 0 spiro atoms. The number of Topliss-reactive ketones (excluding diaryl/α,β-unsaturated/α-hetero) is 1. The van der Waals surface area contributed by atoms with E-state index in [0.29, 0.717) is 6.42 Å². The van der Waals surface area contributed by atoms with Gasteiger partial charge in [-0.1, -0.05) is 60.7 Å². The molecule has 0 heterocycles. The Morgan fingerprint density at radius 3 is 2.28 bits per heavy atom. The summed E-state index contributed by atoms with van der Waals surface area (Å²) in [5, 5.41) is 3.47. The molecule has 3 heteroatoms. The third-order valence-corrected chi connectivity index (χ3v) is 4.10. The highest BCUT2D eigenvalue weighted by molar-refractivity contribution is 5.96. The number of carbonyl (C=O) groups is 1. The molecule has 1 atom stereocenters. The Bertz CT molecular complexity index is 816. The van der Waals surface area contributed by atoms with Gasteiger partial charge in [-0.3, -0.25) is 4.79 Å². The first-order valence-corrected chi connectivity index (χ1v) is 8.30. The summed E-state index contributed by atoms with van der Waals surface area (Å²) in [5.74, 6) is 0.890. The Morgan fingerprint density at radius 1 is 0.920 bits per heavy atom. The molecule has 1 N–H and O–H groups in total. The van der Waals surface area contributed by atoms with E-state index in [9.17, 15) is 4.79 Å². The number of ketones is 1. The number of benzene rings is 3. The molecule has 3 aromatic carbocycles. The topological polar surface area (TPSA) is 38.3 Å². The Morgan fingerprint density at radius 2 is 1.60 bits per heavy atom. The maximum Gasteiger partial charge on any atom is 0.165 e. The molecule has 3 aromatic rings. The van der Waals surface area contributed by atoms with Crippen molar-refractivity contribution < 1.29 is 9.53 Å². The summed E-state index contributed by atoms with van der Waals surface area (Å²) in [7, 11) is 1.65. The fourth-order valence-corrected chi connectivity index (χ4v) is 2.77. The number of carbonyl (C=O) groups excluding carboxylic acids is 1. The standard InChI is InChI=1S/C22H21NO2/c1-25-20-14-8-11-18(15-20)21(23-19-12-6-3-7-13-19)16-22(24)17-9-4-2-5-10-17/h2-15,21,23H,16H2,1H3/t21-/m1/s1. The van der Waals surface area contributed by atoms with Crippen LogP contribution in [0.3, 0.4) is 0 Å². The van der Waals surface area contributed by atoms with Crippen molar-refractivity contribution in [3.05, 3.63) is 96.1 Å². The molecule has 126 valence electrons. The highest BCUT2D eigenvalue weighted by Gasteiger charge is 2.18. The van der Waals surface area contributed by atoms with Crippen molar-refractivity contribution in [2.75, 3.05) is 12.4 Å². The average molecular weight is 331 g/mol. The quantitative estimate of drug-likeness (QED) is 0.611. The van der Waals surface area contributed by atoms with Gasteiger partial charge in [-0.05, 0) is 29.8 Å². The molecule has 0 unspecified atom stereocenters. The van der Waals surface area contributed by atoms with Crippen molar-refractivity contribution in [1.29, 1.82) is 0 Å². The molecular formula is C22H21NO2. The van der Waals surface area contributed by atoms with Crippen molar-refractivity contribution in [3.8, 4) is 5.75 Å². The zero-order valence-electron chi connectivity index (χ0n) is 14.2. The molecule has 3 rings (SSSR count). The predicted molar refractivity (Wildman–Crippen MR) is 101 cm³/mol. The van der Waals surface area contributed by atoms with E-state index in [4.69, 9.17) is 4.74 Å². The average Bonchev–Trinajstić information content (AvgIpc) is 2.69. The Hall–Kier alpha value is -3.07. The number of hydrogen-bond acceptors (Lipinski definition) is 3. The lowest BCUT2D eigenvalue weighted by molar-refractivity contribution is 0.0976. The fraction of sp³-hybridized carbons (Fsp3) is 0.136. The number of ether oxygens (including phenoxy) is 1. The molecule has 25 heavy (non-hydrogen) atoms. The number of rotatable bonds is 7. The smallest absolute Gasteiger partial charge is 0.165 e. The molecule has 3 nitrogen and oxygen atoms in total. The minimum Gasteiger partial charge on any atom is -0.497 e. The summed E-state index contributed by atoms with van der Waals surface area (Å²) in [6.07, 6.45) is 0.367. The first kappa shape index (κ1) is 16.8. The van der Waals surface area contributed by atoms with Crippen LogP contribution in [-0.4, -0.2) is 12.9 Å². The van der Waals surface area contributed by atoms with E-state index in [1.807, 2.05) is 84.9 Å². The van der Waals surface area contributed by atoms with Crippen LogP contribution in [0, 0.1) is 0 Å². The minimum atomic E-state index is -0.134. The van der Waals surface area contributed by atoms with Crippen LogP contribution in [0.4, 0.5) is 5.69 Å². The van der Waals surface area contributed by atoms with Crippen LogP contribution < -0.4 is 10.1 Å². The summed E-state index contributed by atoms with van der Waals surface area (Å²) in [4.78, 5) is 12.7. The lowest BCUT2D eigenvalue weighted by Crippen LogP contribution is -2.16. The first-order chi connectivity index (χ1) is 12.3. The molecule has 0 aliphatic rings. The summed E-state index contributed by atoms with van der Waals surface area (Å²) in [5.41, 5.74) is 2.73. The Balaban J connectivity index is 1.87. The molecule has 0 saturated heterocycles. The van der Waals surface area contributed by atoms with Crippen LogP contribution >= 0.6 is 0 Å². The van der Waals surface area contributed by atoms with Crippen LogP contribution in [0.15, 0.2) is 84.9 Å². The van der Waals surface area contributed by atoms with Crippen molar-refractivity contribution in [1.82, 2.24) is 0 Å². The van der Waals surface area contributed by atoms with Gasteiger partial charge in [0.25, 0.3) is 0 Å². The van der Waals surface area contributed by atoms with Gasteiger partial charge >= 0.3 is 0 Å². The Labute approximate surface area is 148 Å². The summed E-state index contributed by atoms with van der Waals surface area (Å²) < 4.78 is 5.33. The SMILES string of the molecule is COc1cccc([C@@H](CC(=O)c2ccccc2)Nc2ccccc2)c1. The third kappa shape index (κ3) is 4.48. The molecule has 0 aliphatic carbocycles. The highest BCUT2D eigenvalue weighted by atomic mass is 16.5. The minimum absolute atomic E-state index is 0.108. The summed E-state index contributed by atoms with van der Waals surface area (Å²) in [6.45, 7) is 0. The molecule has 0 aliphatic heterocycles. The van der Waals surface area contributed by atoms with Gasteiger partial charge < -0.3 is 10.1 Å². The zero-order valence-corrected chi connectivity index (χ0v) is 14.2. The summed E-state index contributed by atoms with van der Waals surface area (Å²) >= 11 is 0. The molecule has 0 aromatic heterocycles. The molecule has 0 radical (unpaired) electrons. The van der Waals surface area contributed by atoms with Crippen LogP contribution in [0.25, 0.3) is 0 Å². The van der Waals surface area contributed by atoms with Gasteiger partial charge in [0.2, 0.25) is 0 Å². The highest BCUT2D eigenvalue weighted by Crippen LogP contribution is 2.27. The normalized spacial score (nSPS) is 11.6. The second-order valence-electron chi connectivity index (χ2n) is 5.83. The van der Waals surface area contributed by atoms with E-state index in [2.05, 4.69) is 5.32 Å². The second kappa shape index (κ2) is 8.15. The molecule has 0 saturated carbocycles. The lowest BCUT2D eigenvalue weighted by Gasteiger charge is -2.20. The fourth-order valence-electron chi connectivity index (χ4n) is 2.77. The number of methoxy groups -OCH3 is 1. The third-order valence-electron chi connectivity index (χ3n) is 4.10. The maximum atomic E-state index is 12.7. The number of hydrogen-bond donors (Lipinski definition) is 1. The molecule has 0 fully saturated rings.